The SMILES string of the molecule is CSC1(CNc2ccc(C(N)=O)cc2[N+](=O)[O-])CCCC1. The van der Waals surface area contributed by atoms with Crippen LogP contribution >= 0.6 is 11.8 Å². The number of anilines is 1. The fourth-order valence-corrected chi connectivity index (χ4v) is 3.63. The van der Waals surface area contributed by atoms with E-state index < -0.39 is 10.8 Å². The van der Waals surface area contributed by atoms with Gasteiger partial charge in [-0.25, -0.2) is 0 Å². The summed E-state index contributed by atoms with van der Waals surface area (Å²) < 4.78 is 0.149. The third kappa shape index (κ3) is 3.47. The molecular weight excluding hydrogens is 290 g/mol. The summed E-state index contributed by atoms with van der Waals surface area (Å²) >= 11 is 1.81. The van der Waals surface area contributed by atoms with Crippen molar-refractivity contribution in [3.05, 3.63) is 33.9 Å². The number of hydrogen-bond acceptors (Lipinski definition) is 5. The molecule has 114 valence electrons. The lowest BCUT2D eigenvalue weighted by Gasteiger charge is -2.27. The minimum absolute atomic E-state index is 0.111. The first-order valence-corrected chi connectivity index (χ1v) is 8.07. The number of rotatable bonds is 6. The summed E-state index contributed by atoms with van der Waals surface area (Å²) in [6.07, 6.45) is 6.72. The van der Waals surface area contributed by atoms with Crippen LogP contribution in [0.1, 0.15) is 36.0 Å². The highest BCUT2D eigenvalue weighted by Gasteiger charge is 2.33. The lowest BCUT2D eigenvalue weighted by Crippen LogP contribution is -2.30. The number of carbonyl (C=O) groups is 1. The van der Waals surface area contributed by atoms with Crippen LogP contribution in [0.3, 0.4) is 0 Å². The third-order valence-electron chi connectivity index (χ3n) is 4.03. The Morgan fingerprint density at radius 3 is 2.67 bits per heavy atom. The average molecular weight is 309 g/mol. The second-order valence-electron chi connectivity index (χ2n) is 5.30. The van der Waals surface area contributed by atoms with E-state index in [9.17, 15) is 14.9 Å². The maximum atomic E-state index is 11.2. The molecule has 0 radical (unpaired) electrons. The van der Waals surface area contributed by atoms with Crippen molar-refractivity contribution in [1.29, 1.82) is 0 Å². The predicted molar refractivity (Wildman–Crippen MR) is 84.8 cm³/mol. The molecule has 0 atom stereocenters. The number of benzene rings is 1. The quantitative estimate of drug-likeness (QED) is 0.622. The summed E-state index contributed by atoms with van der Waals surface area (Å²) in [5, 5.41) is 14.3. The van der Waals surface area contributed by atoms with Gasteiger partial charge in [0, 0.05) is 22.9 Å². The van der Waals surface area contributed by atoms with Crippen molar-refractivity contribution >= 4 is 29.0 Å². The first kappa shape index (κ1) is 15.6. The van der Waals surface area contributed by atoms with Crippen LogP contribution in [0.25, 0.3) is 0 Å². The summed E-state index contributed by atoms with van der Waals surface area (Å²) in [5.41, 5.74) is 5.63. The zero-order valence-electron chi connectivity index (χ0n) is 11.9. The number of amides is 1. The van der Waals surface area contributed by atoms with Gasteiger partial charge in [0.1, 0.15) is 5.69 Å². The normalized spacial score (nSPS) is 16.6. The number of nitro groups is 1. The van der Waals surface area contributed by atoms with Crippen LogP contribution in [-0.2, 0) is 0 Å². The Kier molecular flexibility index (Phi) is 4.72. The van der Waals surface area contributed by atoms with Crippen LogP contribution in [-0.4, -0.2) is 28.4 Å². The molecule has 0 spiro atoms. The Hall–Kier alpha value is -1.76. The smallest absolute Gasteiger partial charge is 0.293 e. The molecule has 0 aliphatic heterocycles. The molecular formula is C14H19N3O3S. The summed E-state index contributed by atoms with van der Waals surface area (Å²) in [5.74, 6) is -0.666. The molecule has 1 fully saturated rings. The molecule has 7 heteroatoms. The molecule has 3 N–H and O–H groups in total. The van der Waals surface area contributed by atoms with Crippen LogP contribution in [0.5, 0.6) is 0 Å². The number of nitro benzene ring substituents is 1. The molecule has 2 rings (SSSR count). The highest BCUT2D eigenvalue weighted by atomic mass is 32.2. The van der Waals surface area contributed by atoms with E-state index in [1.54, 1.807) is 6.07 Å². The molecule has 1 aromatic carbocycles. The van der Waals surface area contributed by atoms with Gasteiger partial charge in [0.25, 0.3) is 5.69 Å². The molecule has 0 heterocycles. The van der Waals surface area contributed by atoms with Gasteiger partial charge in [-0.05, 0) is 31.2 Å². The summed E-state index contributed by atoms with van der Waals surface area (Å²) in [6.45, 7) is 0.685. The van der Waals surface area contributed by atoms with Crippen LogP contribution in [0.4, 0.5) is 11.4 Å². The number of nitrogens with zero attached hydrogens (tertiary/aromatic N) is 1. The summed E-state index contributed by atoms with van der Waals surface area (Å²) in [4.78, 5) is 21.8. The van der Waals surface area contributed by atoms with Gasteiger partial charge in [-0.3, -0.25) is 14.9 Å². The van der Waals surface area contributed by atoms with E-state index in [0.29, 0.717) is 12.2 Å². The summed E-state index contributed by atoms with van der Waals surface area (Å²) in [7, 11) is 0. The largest absolute Gasteiger partial charge is 0.378 e. The number of hydrogen-bond donors (Lipinski definition) is 2. The third-order valence-corrected chi connectivity index (χ3v) is 5.45. The van der Waals surface area contributed by atoms with Crippen molar-refractivity contribution < 1.29 is 9.72 Å². The highest BCUT2D eigenvalue weighted by molar-refractivity contribution is 8.00. The molecule has 1 aliphatic rings. The van der Waals surface area contributed by atoms with Gasteiger partial charge in [-0.15, -0.1) is 0 Å². The molecule has 21 heavy (non-hydrogen) atoms. The van der Waals surface area contributed by atoms with E-state index in [-0.39, 0.29) is 16.0 Å². The molecule has 1 aromatic rings. The number of carbonyl (C=O) groups excluding carboxylic acids is 1. The van der Waals surface area contributed by atoms with Crippen LogP contribution in [0.2, 0.25) is 0 Å². The topological polar surface area (TPSA) is 98.3 Å². The van der Waals surface area contributed by atoms with Crippen LogP contribution in [0.15, 0.2) is 18.2 Å². The predicted octanol–water partition coefficient (Wildman–Crippen LogP) is 2.78. The monoisotopic (exact) mass is 309 g/mol. The Morgan fingerprint density at radius 2 is 2.14 bits per heavy atom. The van der Waals surface area contributed by atoms with Gasteiger partial charge in [-0.2, -0.15) is 11.8 Å². The van der Waals surface area contributed by atoms with E-state index in [1.165, 1.54) is 25.0 Å². The van der Waals surface area contributed by atoms with Crippen LogP contribution < -0.4 is 11.1 Å². The standard InChI is InChI=1S/C14H19N3O3S/c1-21-14(6-2-3-7-14)9-16-11-5-4-10(13(15)18)8-12(11)17(19)20/h4-5,8,16H,2-3,6-7,9H2,1H3,(H2,15,18). The van der Waals surface area contributed by atoms with E-state index in [1.807, 2.05) is 11.8 Å². The Labute approximate surface area is 127 Å². The van der Waals surface area contributed by atoms with E-state index in [4.69, 9.17) is 5.73 Å². The first-order valence-electron chi connectivity index (χ1n) is 6.85. The minimum Gasteiger partial charge on any atom is -0.378 e. The maximum absolute atomic E-state index is 11.2. The molecule has 0 unspecified atom stereocenters. The number of nitrogens with one attached hydrogen (secondary N) is 1. The van der Waals surface area contributed by atoms with Crippen molar-refractivity contribution in [2.45, 2.75) is 30.4 Å². The number of thioether (sulfide) groups is 1. The van der Waals surface area contributed by atoms with Crippen molar-refractivity contribution in [2.24, 2.45) is 5.73 Å². The first-order chi connectivity index (χ1) is 9.97. The van der Waals surface area contributed by atoms with Gasteiger partial charge in [0.15, 0.2) is 0 Å². The number of nitrogens with two attached hydrogens (primary N) is 1. The Morgan fingerprint density at radius 1 is 1.48 bits per heavy atom. The van der Waals surface area contributed by atoms with Crippen molar-refractivity contribution in [3.63, 3.8) is 0 Å². The zero-order chi connectivity index (χ0) is 15.5. The van der Waals surface area contributed by atoms with Crippen LogP contribution in [0, 0.1) is 10.1 Å². The minimum atomic E-state index is -0.666. The molecule has 0 saturated heterocycles. The summed E-state index contributed by atoms with van der Waals surface area (Å²) in [6, 6.07) is 4.30. The van der Waals surface area contributed by atoms with E-state index >= 15 is 0 Å². The zero-order valence-corrected chi connectivity index (χ0v) is 12.7. The number of primary amides is 1. The Bertz CT molecular complexity index is 556. The van der Waals surface area contributed by atoms with Crippen molar-refractivity contribution in [2.75, 3.05) is 18.1 Å². The van der Waals surface area contributed by atoms with Gasteiger partial charge in [-0.1, -0.05) is 12.8 Å². The van der Waals surface area contributed by atoms with E-state index in [2.05, 4.69) is 11.6 Å². The molecule has 1 saturated carbocycles. The fourth-order valence-electron chi connectivity index (χ4n) is 2.71. The van der Waals surface area contributed by atoms with E-state index in [0.717, 1.165) is 12.8 Å². The average Bonchev–Trinajstić information content (AvgIpc) is 2.94. The molecule has 1 amide bonds. The van der Waals surface area contributed by atoms with Gasteiger partial charge >= 0.3 is 0 Å². The molecule has 0 bridgehead atoms. The van der Waals surface area contributed by atoms with Crippen molar-refractivity contribution in [3.8, 4) is 0 Å². The lowest BCUT2D eigenvalue weighted by atomic mass is 10.1. The second-order valence-corrected chi connectivity index (χ2v) is 6.58. The van der Waals surface area contributed by atoms with Gasteiger partial charge in [0.2, 0.25) is 5.91 Å². The molecule has 1 aliphatic carbocycles. The molecule has 6 nitrogen and oxygen atoms in total. The van der Waals surface area contributed by atoms with Gasteiger partial charge in [0.05, 0.1) is 4.92 Å². The maximum Gasteiger partial charge on any atom is 0.293 e. The lowest BCUT2D eigenvalue weighted by molar-refractivity contribution is -0.384. The van der Waals surface area contributed by atoms with Gasteiger partial charge < -0.3 is 11.1 Å². The highest BCUT2D eigenvalue weighted by Crippen LogP contribution is 2.40. The Balaban J connectivity index is 2.19. The second kappa shape index (κ2) is 6.34. The molecule has 0 aromatic heterocycles. The fraction of sp³-hybridized carbons (Fsp3) is 0.500. The van der Waals surface area contributed by atoms with Crippen molar-refractivity contribution in [1.82, 2.24) is 0 Å².